The van der Waals surface area contributed by atoms with Gasteiger partial charge in [-0.05, 0) is 6.07 Å². The minimum Gasteiger partial charge on any atom is -0.345 e. The first-order valence-electron chi connectivity index (χ1n) is 3.79. The fourth-order valence-corrected chi connectivity index (χ4v) is 1.08. The summed E-state index contributed by atoms with van der Waals surface area (Å²) in [6.45, 7) is 0. The fraction of sp³-hybridized carbons (Fsp3) is 0. The number of hydrogen-bond donors (Lipinski definition) is 1. The number of aromatic nitrogens is 3. The number of pyridine rings is 1. The lowest BCUT2D eigenvalue weighted by Gasteiger charge is -1.96. The van der Waals surface area contributed by atoms with Crippen LogP contribution in [0.1, 0.15) is 10.4 Å². The lowest BCUT2D eigenvalue weighted by molar-refractivity contribution is 0.112. The number of carbonyl (C=O) groups is 1. The molecule has 0 saturated carbocycles. The SMILES string of the molecule is O=Cc1cncc(-c2cnc[nH]2)c1. The Morgan fingerprint density at radius 1 is 1.23 bits per heavy atom. The molecule has 4 heteroatoms. The maximum absolute atomic E-state index is 10.5. The monoisotopic (exact) mass is 173 g/mol. The minimum absolute atomic E-state index is 0.562. The van der Waals surface area contributed by atoms with Gasteiger partial charge in [0.15, 0.2) is 6.29 Å². The second-order valence-corrected chi connectivity index (χ2v) is 2.59. The lowest BCUT2D eigenvalue weighted by atomic mass is 10.2. The molecule has 4 nitrogen and oxygen atoms in total. The van der Waals surface area contributed by atoms with Crippen molar-refractivity contribution in [3.05, 3.63) is 36.5 Å². The van der Waals surface area contributed by atoms with E-state index in [1.165, 1.54) is 6.20 Å². The number of H-pyrrole nitrogens is 1. The van der Waals surface area contributed by atoms with E-state index < -0.39 is 0 Å². The van der Waals surface area contributed by atoms with E-state index in [1.54, 1.807) is 24.8 Å². The van der Waals surface area contributed by atoms with Gasteiger partial charge in [-0.25, -0.2) is 4.98 Å². The molecule has 0 aromatic carbocycles. The predicted molar refractivity (Wildman–Crippen MR) is 47.2 cm³/mol. The number of aldehydes is 1. The zero-order chi connectivity index (χ0) is 9.10. The van der Waals surface area contributed by atoms with Crippen LogP contribution in [0.2, 0.25) is 0 Å². The summed E-state index contributed by atoms with van der Waals surface area (Å²) in [7, 11) is 0. The third kappa shape index (κ3) is 1.46. The van der Waals surface area contributed by atoms with Crippen LogP contribution in [0, 0.1) is 0 Å². The third-order valence-electron chi connectivity index (χ3n) is 1.70. The van der Waals surface area contributed by atoms with Crippen LogP contribution in [0.4, 0.5) is 0 Å². The third-order valence-corrected chi connectivity index (χ3v) is 1.70. The number of hydrogen-bond acceptors (Lipinski definition) is 3. The summed E-state index contributed by atoms with van der Waals surface area (Å²) in [6.07, 6.45) is 7.24. The largest absolute Gasteiger partial charge is 0.345 e. The van der Waals surface area contributed by atoms with Gasteiger partial charge in [0, 0.05) is 23.5 Å². The summed E-state index contributed by atoms with van der Waals surface area (Å²) in [5, 5.41) is 0. The molecule has 2 heterocycles. The first-order valence-corrected chi connectivity index (χ1v) is 3.79. The lowest BCUT2D eigenvalue weighted by Crippen LogP contribution is -1.85. The molecule has 0 unspecified atom stereocenters. The van der Waals surface area contributed by atoms with E-state index in [9.17, 15) is 4.79 Å². The number of rotatable bonds is 2. The normalized spacial score (nSPS) is 9.85. The van der Waals surface area contributed by atoms with E-state index in [-0.39, 0.29) is 0 Å². The summed E-state index contributed by atoms with van der Waals surface area (Å²) in [5.41, 5.74) is 2.28. The summed E-state index contributed by atoms with van der Waals surface area (Å²) < 4.78 is 0. The van der Waals surface area contributed by atoms with Crippen LogP contribution >= 0.6 is 0 Å². The molecule has 64 valence electrons. The maximum Gasteiger partial charge on any atom is 0.151 e. The van der Waals surface area contributed by atoms with Crippen LogP contribution in [0.3, 0.4) is 0 Å². The van der Waals surface area contributed by atoms with Crippen molar-refractivity contribution >= 4 is 6.29 Å². The van der Waals surface area contributed by atoms with Crippen LogP contribution in [0.5, 0.6) is 0 Å². The van der Waals surface area contributed by atoms with Gasteiger partial charge in [-0.2, -0.15) is 0 Å². The molecule has 0 saturated heterocycles. The molecule has 0 bridgehead atoms. The summed E-state index contributed by atoms with van der Waals surface area (Å²) in [5.74, 6) is 0. The molecule has 1 N–H and O–H groups in total. The standard InChI is InChI=1S/C9H7N3O/c13-5-7-1-8(3-10-2-7)9-4-11-6-12-9/h1-6H,(H,11,12). The highest BCUT2D eigenvalue weighted by Gasteiger charge is 1.99. The molecule has 0 aliphatic carbocycles. The van der Waals surface area contributed by atoms with Gasteiger partial charge in [-0.1, -0.05) is 0 Å². The minimum atomic E-state index is 0.562. The van der Waals surface area contributed by atoms with Crippen molar-refractivity contribution in [2.24, 2.45) is 0 Å². The first-order chi connectivity index (χ1) is 6.40. The zero-order valence-corrected chi connectivity index (χ0v) is 6.77. The van der Waals surface area contributed by atoms with Gasteiger partial charge in [-0.3, -0.25) is 9.78 Å². The van der Waals surface area contributed by atoms with Crippen molar-refractivity contribution in [3.63, 3.8) is 0 Å². The zero-order valence-electron chi connectivity index (χ0n) is 6.77. The second-order valence-electron chi connectivity index (χ2n) is 2.59. The van der Waals surface area contributed by atoms with Crippen LogP contribution in [-0.4, -0.2) is 21.2 Å². The van der Waals surface area contributed by atoms with Crippen LogP contribution < -0.4 is 0 Å². The molecule has 2 rings (SSSR count). The Bertz CT molecular complexity index is 409. The highest BCUT2D eigenvalue weighted by atomic mass is 16.1. The van der Waals surface area contributed by atoms with Gasteiger partial charge in [-0.15, -0.1) is 0 Å². The molecule has 0 radical (unpaired) electrons. The molecule has 0 fully saturated rings. The van der Waals surface area contributed by atoms with Crippen LogP contribution in [-0.2, 0) is 0 Å². The van der Waals surface area contributed by atoms with Gasteiger partial charge in [0.05, 0.1) is 18.2 Å². The molecule has 0 aliphatic heterocycles. The Morgan fingerprint density at radius 3 is 2.85 bits per heavy atom. The quantitative estimate of drug-likeness (QED) is 0.696. The van der Waals surface area contributed by atoms with Crippen LogP contribution in [0.25, 0.3) is 11.3 Å². The average molecular weight is 173 g/mol. The van der Waals surface area contributed by atoms with Gasteiger partial charge >= 0.3 is 0 Å². The van der Waals surface area contributed by atoms with E-state index >= 15 is 0 Å². The summed E-state index contributed by atoms with van der Waals surface area (Å²) in [4.78, 5) is 21.2. The van der Waals surface area contributed by atoms with Crippen molar-refractivity contribution in [3.8, 4) is 11.3 Å². The Kier molecular flexibility index (Phi) is 1.88. The Labute approximate surface area is 74.7 Å². The molecule has 0 atom stereocenters. The smallest absolute Gasteiger partial charge is 0.151 e. The first kappa shape index (κ1) is 7.67. The van der Waals surface area contributed by atoms with Gasteiger partial charge < -0.3 is 4.98 Å². The molecule has 0 aliphatic rings. The Hall–Kier alpha value is -1.97. The van der Waals surface area contributed by atoms with E-state index in [1.807, 2.05) is 0 Å². The molecule has 2 aromatic rings. The number of imidazole rings is 1. The van der Waals surface area contributed by atoms with Crippen molar-refractivity contribution in [2.45, 2.75) is 0 Å². The predicted octanol–water partition coefficient (Wildman–Crippen LogP) is 1.28. The van der Waals surface area contributed by atoms with Crippen molar-refractivity contribution < 1.29 is 4.79 Å². The van der Waals surface area contributed by atoms with E-state index in [2.05, 4.69) is 15.0 Å². The maximum atomic E-state index is 10.5. The second kappa shape index (κ2) is 3.18. The fourth-order valence-electron chi connectivity index (χ4n) is 1.08. The highest BCUT2D eigenvalue weighted by Crippen LogP contribution is 2.14. The van der Waals surface area contributed by atoms with Gasteiger partial charge in [0.1, 0.15) is 0 Å². The molecule has 13 heavy (non-hydrogen) atoms. The molecular formula is C9H7N3O. The summed E-state index contributed by atoms with van der Waals surface area (Å²) in [6, 6.07) is 1.76. The summed E-state index contributed by atoms with van der Waals surface area (Å²) >= 11 is 0. The molecular weight excluding hydrogens is 166 g/mol. The molecule has 0 spiro atoms. The van der Waals surface area contributed by atoms with Gasteiger partial charge in [0.25, 0.3) is 0 Å². The molecule has 2 aromatic heterocycles. The van der Waals surface area contributed by atoms with E-state index in [0.29, 0.717) is 5.56 Å². The Balaban J connectivity index is 2.47. The Morgan fingerprint density at radius 2 is 2.15 bits per heavy atom. The van der Waals surface area contributed by atoms with Gasteiger partial charge in [0.2, 0.25) is 0 Å². The van der Waals surface area contributed by atoms with Crippen molar-refractivity contribution in [1.29, 1.82) is 0 Å². The van der Waals surface area contributed by atoms with E-state index in [0.717, 1.165) is 17.5 Å². The number of aromatic amines is 1. The average Bonchev–Trinajstić information content (AvgIpc) is 2.71. The topological polar surface area (TPSA) is 58.6 Å². The van der Waals surface area contributed by atoms with Crippen molar-refractivity contribution in [2.75, 3.05) is 0 Å². The van der Waals surface area contributed by atoms with Crippen molar-refractivity contribution in [1.82, 2.24) is 15.0 Å². The molecule has 0 amide bonds. The number of nitrogens with one attached hydrogen (secondary N) is 1. The van der Waals surface area contributed by atoms with Crippen LogP contribution in [0.15, 0.2) is 31.0 Å². The highest BCUT2D eigenvalue weighted by molar-refractivity contribution is 5.77. The number of nitrogens with zero attached hydrogens (tertiary/aromatic N) is 2. The van der Waals surface area contributed by atoms with E-state index in [4.69, 9.17) is 0 Å². The number of carbonyl (C=O) groups excluding carboxylic acids is 1.